The van der Waals surface area contributed by atoms with Gasteiger partial charge in [-0.15, -0.1) is 0 Å². The maximum Gasteiger partial charge on any atom is 0.250 e. The van der Waals surface area contributed by atoms with E-state index in [1.54, 1.807) is 34.6 Å². The summed E-state index contributed by atoms with van der Waals surface area (Å²) in [4.78, 5) is 19.8. The van der Waals surface area contributed by atoms with E-state index >= 15 is 0 Å². The summed E-state index contributed by atoms with van der Waals surface area (Å²) >= 11 is 0. The number of para-hydroxylation sites is 2. The van der Waals surface area contributed by atoms with Crippen LogP contribution in [0.3, 0.4) is 0 Å². The predicted molar refractivity (Wildman–Crippen MR) is 117 cm³/mol. The minimum Gasteiger partial charge on any atom is -0.324 e. The number of anilines is 1. The third kappa shape index (κ3) is 4.60. The number of H-pyrrole nitrogens is 1. The van der Waals surface area contributed by atoms with Crippen LogP contribution in [0.25, 0.3) is 17.1 Å². The highest BCUT2D eigenvalue weighted by Gasteiger charge is 2.24. The summed E-state index contributed by atoms with van der Waals surface area (Å²) in [6.45, 7) is 1.15. The van der Waals surface area contributed by atoms with Crippen molar-refractivity contribution in [3.8, 4) is 0 Å². The second-order valence-electron chi connectivity index (χ2n) is 7.31. The molecule has 4 rings (SSSR count). The minimum absolute atomic E-state index is 0.285. The molecule has 1 aromatic heterocycles. The number of aromatic amines is 1. The van der Waals surface area contributed by atoms with E-state index in [9.17, 15) is 13.2 Å². The Labute approximate surface area is 175 Å². The van der Waals surface area contributed by atoms with Gasteiger partial charge >= 0.3 is 0 Å². The van der Waals surface area contributed by atoms with Gasteiger partial charge in [0.05, 0.1) is 15.9 Å². The molecule has 0 radical (unpaired) electrons. The first-order valence-corrected chi connectivity index (χ1v) is 11.5. The van der Waals surface area contributed by atoms with E-state index in [4.69, 9.17) is 0 Å². The fourth-order valence-corrected chi connectivity index (χ4v) is 5.04. The SMILES string of the molecule is O=C(/C=C/c1ccc(S(=O)(=O)N2CCCCCC2)cc1)Nc1nc2ccccc2[nH]1. The Morgan fingerprint density at radius 1 is 1.00 bits per heavy atom. The zero-order chi connectivity index (χ0) is 21.0. The van der Waals surface area contributed by atoms with Crippen molar-refractivity contribution in [2.24, 2.45) is 0 Å². The van der Waals surface area contributed by atoms with Crippen LogP contribution >= 0.6 is 0 Å². The summed E-state index contributed by atoms with van der Waals surface area (Å²) in [6, 6.07) is 14.1. The third-order valence-electron chi connectivity index (χ3n) is 5.14. The van der Waals surface area contributed by atoms with Crippen LogP contribution in [-0.2, 0) is 14.8 Å². The number of sulfonamides is 1. The number of carbonyl (C=O) groups excluding carboxylic acids is 1. The Bertz CT molecular complexity index is 1130. The number of hydrogen-bond acceptors (Lipinski definition) is 4. The molecule has 3 aromatic rings. The van der Waals surface area contributed by atoms with Gasteiger partial charge in [0.25, 0.3) is 5.91 Å². The molecule has 0 bridgehead atoms. The Hall–Kier alpha value is -2.97. The highest BCUT2D eigenvalue weighted by molar-refractivity contribution is 7.89. The number of nitrogens with zero attached hydrogens (tertiary/aromatic N) is 2. The minimum atomic E-state index is -3.47. The van der Waals surface area contributed by atoms with Crippen molar-refractivity contribution in [2.45, 2.75) is 30.6 Å². The van der Waals surface area contributed by atoms with E-state index in [0.29, 0.717) is 19.0 Å². The molecule has 0 atom stereocenters. The zero-order valence-corrected chi connectivity index (χ0v) is 17.4. The normalized spacial score (nSPS) is 16.0. The van der Waals surface area contributed by atoms with E-state index in [1.807, 2.05) is 24.3 Å². The summed E-state index contributed by atoms with van der Waals surface area (Å²) in [6.07, 6.45) is 6.99. The molecule has 0 unspecified atom stereocenters. The lowest BCUT2D eigenvalue weighted by atomic mass is 10.2. The van der Waals surface area contributed by atoms with Crippen molar-refractivity contribution >= 4 is 39.0 Å². The van der Waals surface area contributed by atoms with E-state index < -0.39 is 10.0 Å². The molecule has 30 heavy (non-hydrogen) atoms. The summed E-state index contributed by atoms with van der Waals surface area (Å²) in [5.41, 5.74) is 2.36. The zero-order valence-electron chi connectivity index (χ0n) is 16.5. The quantitative estimate of drug-likeness (QED) is 0.610. The standard InChI is InChI=1S/C22H24N4O3S/c27-21(25-22-23-19-7-3-4-8-20(19)24-22)14-11-17-9-12-18(13-10-17)30(28,29)26-15-5-1-2-6-16-26/h3-4,7-14H,1-2,5-6,15-16H2,(H2,23,24,25,27)/b14-11+. The van der Waals surface area contributed by atoms with Crippen LogP contribution in [0.4, 0.5) is 5.95 Å². The van der Waals surface area contributed by atoms with Crippen LogP contribution in [0.5, 0.6) is 0 Å². The molecule has 1 amide bonds. The number of nitrogens with one attached hydrogen (secondary N) is 2. The lowest BCUT2D eigenvalue weighted by Crippen LogP contribution is -2.31. The molecule has 1 fully saturated rings. The van der Waals surface area contributed by atoms with Crippen molar-refractivity contribution in [3.05, 3.63) is 60.2 Å². The van der Waals surface area contributed by atoms with Gasteiger partial charge in [0, 0.05) is 19.2 Å². The molecule has 2 N–H and O–H groups in total. The molecule has 7 nitrogen and oxygen atoms in total. The number of carbonyl (C=O) groups is 1. The van der Waals surface area contributed by atoms with E-state index in [1.165, 1.54) is 6.08 Å². The van der Waals surface area contributed by atoms with Crippen molar-refractivity contribution in [1.29, 1.82) is 0 Å². The van der Waals surface area contributed by atoms with Gasteiger partial charge in [0.2, 0.25) is 16.0 Å². The molecule has 2 aromatic carbocycles. The van der Waals surface area contributed by atoms with Gasteiger partial charge in [-0.1, -0.05) is 37.1 Å². The van der Waals surface area contributed by atoms with Crippen LogP contribution < -0.4 is 5.32 Å². The number of benzene rings is 2. The van der Waals surface area contributed by atoms with Crippen LogP contribution in [0.1, 0.15) is 31.2 Å². The summed E-state index contributed by atoms with van der Waals surface area (Å²) in [7, 11) is -3.47. The number of amides is 1. The van der Waals surface area contributed by atoms with Crippen molar-refractivity contribution < 1.29 is 13.2 Å². The third-order valence-corrected chi connectivity index (χ3v) is 7.05. The van der Waals surface area contributed by atoms with E-state index in [0.717, 1.165) is 42.3 Å². The fourth-order valence-electron chi connectivity index (χ4n) is 3.52. The average Bonchev–Trinajstić information content (AvgIpc) is 2.95. The number of imidazole rings is 1. The Morgan fingerprint density at radius 2 is 1.70 bits per heavy atom. The molecule has 1 aliphatic heterocycles. The fraction of sp³-hybridized carbons (Fsp3) is 0.273. The molecular formula is C22H24N4O3S. The average molecular weight is 425 g/mol. The molecule has 0 aliphatic carbocycles. The number of aromatic nitrogens is 2. The van der Waals surface area contributed by atoms with Gasteiger partial charge < -0.3 is 4.98 Å². The van der Waals surface area contributed by atoms with Crippen LogP contribution in [-0.4, -0.2) is 41.7 Å². The Kier molecular flexibility index (Phi) is 5.96. The summed E-state index contributed by atoms with van der Waals surface area (Å²) in [5.74, 6) is 0.0556. The van der Waals surface area contributed by atoms with Gasteiger partial charge in [0.1, 0.15) is 0 Å². The van der Waals surface area contributed by atoms with Gasteiger partial charge in [-0.2, -0.15) is 4.31 Å². The lowest BCUT2D eigenvalue weighted by Gasteiger charge is -2.19. The Morgan fingerprint density at radius 3 is 2.40 bits per heavy atom. The van der Waals surface area contributed by atoms with E-state index in [-0.39, 0.29) is 10.8 Å². The molecule has 1 saturated heterocycles. The van der Waals surface area contributed by atoms with Crippen molar-refractivity contribution in [2.75, 3.05) is 18.4 Å². The number of rotatable bonds is 5. The number of hydrogen-bond donors (Lipinski definition) is 2. The van der Waals surface area contributed by atoms with Crippen LogP contribution in [0, 0.1) is 0 Å². The van der Waals surface area contributed by atoms with Gasteiger partial charge in [-0.25, -0.2) is 13.4 Å². The number of fused-ring (bicyclic) bond motifs is 1. The Balaban J connectivity index is 1.41. The van der Waals surface area contributed by atoms with Crippen molar-refractivity contribution in [1.82, 2.24) is 14.3 Å². The molecule has 0 spiro atoms. The second-order valence-corrected chi connectivity index (χ2v) is 9.25. The molecule has 0 saturated carbocycles. The van der Waals surface area contributed by atoms with Crippen LogP contribution in [0.2, 0.25) is 0 Å². The molecule has 8 heteroatoms. The molecule has 156 valence electrons. The first-order chi connectivity index (χ1) is 14.5. The molecular weight excluding hydrogens is 400 g/mol. The smallest absolute Gasteiger partial charge is 0.250 e. The second kappa shape index (κ2) is 8.81. The summed E-state index contributed by atoms with van der Waals surface area (Å²) in [5, 5.41) is 2.69. The van der Waals surface area contributed by atoms with Gasteiger partial charge in [-0.05, 0) is 48.7 Å². The monoisotopic (exact) mass is 424 g/mol. The highest BCUT2D eigenvalue weighted by atomic mass is 32.2. The highest BCUT2D eigenvalue weighted by Crippen LogP contribution is 2.21. The molecule has 1 aliphatic rings. The predicted octanol–water partition coefficient (Wildman–Crippen LogP) is 3.78. The van der Waals surface area contributed by atoms with Crippen molar-refractivity contribution in [3.63, 3.8) is 0 Å². The first-order valence-electron chi connectivity index (χ1n) is 10.1. The first kappa shape index (κ1) is 20.3. The van der Waals surface area contributed by atoms with Gasteiger partial charge in [0.15, 0.2) is 0 Å². The largest absolute Gasteiger partial charge is 0.324 e. The maximum atomic E-state index is 12.8. The van der Waals surface area contributed by atoms with Crippen LogP contribution in [0.15, 0.2) is 59.5 Å². The topological polar surface area (TPSA) is 95.2 Å². The van der Waals surface area contributed by atoms with Gasteiger partial charge in [-0.3, -0.25) is 10.1 Å². The molecule has 2 heterocycles. The lowest BCUT2D eigenvalue weighted by molar-refractivity contribution is -0.111. The van der Waals surface area contributed by atoms with E-state index in [2.05, 4.69) is 15.3 Å². The maximum absolute atomic E-state index is 12.8. The summed E-state index contributed by atoms with van der Waals surface area (Å²) < 4.78 is 27.2.